The Morgan fingerprint density at radius 1 is 1.14 bits per heavy atom. The molecule has 1 aromatic rings. The first-order chi connectivity index (χ1) is 10.8. The van der Waals surface area contributed by atoms with Gasteiger partial charge < -0.3 is 9.64 Å². The first kappa shape index (κ1) is 15.5. The van der Waals surface area contributed by atoms with Gasteiger partial charge in [-0.25, -0.2) is 0 Å². The molecule has 2 fully saturated rings. The Morgan fingerprint density at radius 3 is 2.64 bits per heavy atom. The van der Waals surface area contributed by atoms with E-state index in [1.54, 1.807) is 7.11 Å². The minimum atomic E-state index is 0.150. The zero-order valence-electron chi connectivity index (χ0n) is 13.4. The lowest BCUT2D eigenvalue weighted by atomic mass is 10.0. The second-order valence-electron chi connectivity index (χ2n) is 6.40. The molecule has 0 spiro atoms. The van der Waals surface area contributed by atoms with Crippen LogP contribution in [0.25, 0.3) is 0 Å². The molecule has 2 unspecified atom stereocenters. The van der Waals surface area contributed by atoms with Gasteiger partial charge in [0.15, 0.2) is 0 Å². The fourth-order valence-corrected chi connectivity index (χ4v) is 4.01. The molecule has 1 amide bonds. The molecule has 0 radical (unpaired) electrons. The normalized spacial score (nSPS) is 25.8. The third-order valence-electron chi connectivity index (χ3n) is 4.97. The summed E-state index contributed by atoms with van der Waals surface area (Å²) in [7, 11) is 1.60. The van der Waals surface area contributed by atoms with Crippen molar-refractivity contribution in [2.75, 3.05) is 26.8 Å². The largest absolute Gasteiger partial charge is 0.375 e. The molecular formula is C18H26N2O2. The monoisotopic (exact) mass is 302 g/mol. The summed E-state index contributed by atoms with van der Waals surface area (Å²) in [5.74, 6) is 0.150. The quantitative estimate of drug-likeness (QED) is 0.836. The smallest absolute Gasteiger partial charge is 0.248 e. The molecule has 2 heterocycles. The van der Waals surface area contributed by atoms with Gasteiger partial charge in [0.05, 0.1) is 0 Å². The lowest BCUT2D eigenvalue weighted by Crippen LogP contribution is -2.48. The third-order valence-corrected chi connectivity index (χ3v) is 4.97. The van der Waals surface area contributed by atoms with E-state index < -0.39 is 0 Å². The lowest BCUT2D eigenvalue weighted by Gasteiger charge is -2.35. The van der Waals surface area contributed by atoms with Crippen molar-refractivity contribution in [3.05, 3.63) is 35.9 Å². The Balaban J connectivity index is 1.68. The van der Waals surface area contributed by atoms with Gasteiger partial charge in [0.25, 0.3) is 0 Å². The lowest BCUT2D eigenvalue weighted by molar-refractivity contribution is -0.137. The second kappa shape index (κ2) is 7.25. The van der Waals surface area contributed by atoms with Crippen LogP contribution >= 0.6 is 0 Å². The SMILES string of the molecule is COCC(=O)N1CCCC1C1CCCN1Cc1ccccc1. The molecule has 4 nitrogen and oxygen atoms in total. The van der Waals surface area contributed by atoms with Crippen molar-refractivity contribution in [3.8, 4) is 0 Å². The molecule has 0 saturated carbocycles. The number of carbonyl (C=O) groups is 1. The van der Waals surface area contributed by atoms with Crippen LogP contribution in [0.2, 0.25) is 0 Å². The van der Waals surface area contributed by atoms with E-state index in [9.17, 15) is 4.79 Å². The average molecular weight is 302 g/mol. The van der Waals surface area contributed by atoms with Gasteiger partial charge >= 0.3 is 0 Å². The predicted octanol–water partition coefficient (Wildman–Crippen LogP) is 2.29. The number of carbonyl (C=O) groups excluding carboxylic acids is 1. The van der Waals surface area contributed by atoms with Crippen molar-refractivity contribution in [3.63, 3.8) is 0 Å². The zero-order valence-corrected chi connectivity index (χ0v) is 13.4. The van der Waals surface area contributed by atoms with E-state index in [-0.39, 0.29) is 12.5 Å². The average Bonchev–Trinajstić information content (AvgIpc) is 3.17. The first-order valence-corrected chi connectivity index (χ1v) is 8.36. The summed E-state index contributed by atoms with van der Waals surface area (Å²) in [6, 6.07) is 11.5. The van der Waals surface area contributed by atoms with Crippen molar-refractivity contribution in [2.24, 2.45) is 0 Å². The molecule has 2 aliphatic rings. The number of amides is 1. The summed E-state index contributed by atoms with van der Waals surface area (Å²) in [6.07, 6.45) is 4.69. The van der Waals surface area contributed by atoms with E-state index >= 15 is 0 Å². The molecule has 2 aliphatic heterocycles. The number of methoxy groups -OCH3 is 1. The van der Waals surface area contributed by atoms with Gasteiger partial charge in [-0.3, -0.25) is 9.69 Å². The summed E-state index contributed by atoms with van der Waals surface area (Å²) in [6.45, 7) is 3.24. The Bertz CT molecular complexity index is 491. The van der Waals surface area contributed by atoms with Gasteiger partial charge in [0, 0.05) is 32.3 Å². The molecule has 0 aliphatic carbocycles. The van der Waals surface area contributed by atoms with Crippen LogP contribution in [-0.2, 0) is 16.1 Å². The van der Waals surface area contributed by atoms with Crippen LogP contribution in [0, 0.1) is 0 Å². The molecule has 0 bridgehead atoms. The van der Waals surface area contributed by atoms with Crippen LogP contribution < -0.4 is 0 Å². The van der Waals surface area contributed by atoms with Crippen LogP contribution in [0.1, 0.15) is 31.2 Å². The molecule has 3 rings (SSSR count). The van der Waals surface area contributed by atoms with Gasteiger partial charge in [-0.15, -0.1) is 0 Å². The molecular weight excluding hydrogens is 276 g/mol. The molecule has 2 atom stereocenters. The van der Waals surface area contributed by atoms with E-state index in [2.05, 4.69) is 40.1 Å². The zero-order chi connectivity index (χ0) is 15.4. The van der Waals surface area contributed by atoms with Crippen molar-refractivity contribution >= 4 is 5.91 Å². The van der Waals surface area contributed by atoms with E-state index in [1.165, 1.54) is 18.4 Å². The molecule has 1 aromatic carbocycles. The number of nitrogens with zero attached hydrogens (tertiary/aromatic N) is 2. The van der Waals surface area contributed by atoms with E-state index in [4.69, 9.17) is 4.74 Å². The Hall–Kier alpha value is -1.39. The van der Waals surface area contributed by atoms with Gasteiger partial charge in [0.1, 0.15) is 6.61 Å². The number of ether oxygens (including phenoxy) is 1. The van der Waals surface area contributed by atoms with Gasteiger partial charge in [-0.05, 0) is 37.8 Å². The maximum absolute atomic E-state index is 12.3. The van der Waals surface area contributed by atoms with Crippen molar-refractivity contribution in [1.29, 1.82) is 0 Å². The fourth-order valence-electron chi connectivity index (χ4n) is 4.01. The molecule has 4 heteroatoms. The van der Waals surface area contributed by atoms with Crippen LogP contribution in [0.3, 0.4) is 0 Å². The van der Waals surface area contributed by atoms with Crippen LogP contribution in [0.5, 0.6) is 0 Å². The van der Waals surface area contributed by atoms with E-state index in [0.717, 1.165) is 32.5 Å². The summed E-state index contributed by atoms with van der Waals surface area (Å²) in [4.78, 5) is 16.9. The minimum absolute atomic E-state index is 0.150. The first-order valence-electron chi connectivity index (χ1n) is 8.36. The summed E-state index contributed by atoms with van der Waals surface area (Å²) < 4.78 is 5.04. The molecule has 0 aromatic heterocycles. The maximum atomic E-state index is 12.3. The summed E-state index contributed by atoms with van der Waals surface area (Å²) >= 11 is 0. The number of hydrogen-bond donors (Lipinski definition) is 0. The minimum Gasteiger partial charge on any atom is -0.375 e. The Morgan fingerprint density at radius 2 is 1.86 bits per heavy atom. The van der Waals surface area contributed by atoms with Crippen molar-refractivity contribution < 1.29 is 9.53 Å². The number of hydrogen-bond acceptors (Lipinski definition) is 3. The highest BCUT2D eigenvalue weighted by molar-refractivity contribution is 5.78. The highest BCUT2D eigenvalue weighted by atomic mass is 16.5. The maximum Gasteiger partial charge on any atom is 0.248 e. The fraction of sp³-hybridized carbons (Fsp3) is 0.611. The summed E-state index contributed by atoms with van der Waals surface area (Å²) in [5.41, 5.74) is 1.36. The number of benzene rings is 1. The van der Waals surface area contributed by atoms with E-state index in [0.29, 0.717) is 12.1 Å². The Kier molecular flexibility index (Phi) is 5.11. The van der Waals surface area contributed by atoms with E-state index in [1.807, 2.05) is 0 Å². The van der Waals surface area contributed by atoms with Gasteiger partial charge in [-0.2, -0.15) is 0 Å². The van der Waals surface area contributed by atoms with Gasteiger partial charge in [-0.1, -0.05) is 30.3 Å². The number of likely N-dealkylation sites (tertiary alicyclic amines) is 2. The second-order valence-corrected chi connectivity index (χ2v) is 6.40. The van der Waals surface area contributed by atoms with Crippen LogP contribution in [0.4, 0.5) is 0 Å². The highest BCUT2D eigenvalue weighted by Crippen LogP contribution is 2.31. The van der Waals surface area contributed by atoms with Crippen LogP contribution in [0.15, 0.2) is 30.3 Å². The number of rotatable bonds is 5. The standard InChI is InChI=1S/C18H26N2O2/c1-22-14-18(21)20-12-6-10-17(20)16-9-5-11-19(16)13-15-7-3-2-4-8-15/h2-4,7-8,16-17H,5-6,9-14H2,1H3. The summed E-state index contributed by atoms with van der Waals surface area (Å²) in [5, 5.41) is 0. The molecule has 120 valence electrons. The topological polar surface area (TPSA) is 32.8 Å². The molecule has 2 saturated heterocycles. The highest BCUT2D eigenvalue weighted by Gasteiger charge is 2.39. The third kappa shape index (κ3) is 3.33. The van der Waals surface area contributed by atoms with Crippen molar-refractivity contribution in [2.45, 2.75) is 44.3 Å². The van der Waals surface area contributed by atoms with Crippen molar-refractivity contribution in [1.82, 2.24) is 9.80 Å². The molecule has 0 N–H and O–H groups in total. The van der Waals surface area contributed by atoms with Gasteiger partial charge in [0.2, 0.25) is 5.91 Å². The van der Waals surface area contributed by atoms with Crippen LogP contribution in [-0.4, -0.2) is 54.6 Å². The molecule has 22 heavy (non-hydrogen) atoms. The predicted molar refractivity (Wildman–Crippen MR) is 86.5 cm³/mol. The Labute approximate surface area is 133 Å².